The number of rotatable bonds is 5. The van der Waals surface area contributed by atoms with Crippen LogP contribution in [0.3, 0.4) is 0 Å². The van der Waals surface area contributed by atoms with Gasteiger partial charge >= 0.3 is 0 Å². The molecule has 3 aromatic rings. The molecule has 0 radical (unpaired) electrons. The number of amides is 2. The molecule has 0 saturated carbocycles. The molecule has 2 aromatic carbocycles. The van der Waals surface area contributed by atoms with Crippen molar-refractivity contribution in [3.8, 4) is 0 Å². The van der Waals surface area contributed by atoms with Crippen molar-refractivity contribution in [3.05, 3.63) is 64.5 Å². The standard InChI is InChI=1S/C22H25N3O2S/c1-22(2,3)16-6-4-5-14(11-16)21(27)24-17-7-9-19-15(12-17)13-18(28-19)8-10-20(26)25-23/h4-7,9,11-13H,8,10,23H2,1-3H3,(H,24,27)(H,25,26). The van der Waals surface area contributed by atoms with Crippen LogP contribution >= 0.6 is 11.3 Å². The van der Waals surface area contributed by atoms with E-state index in [1.807, 2.05) is 42.5 Å². The van der Waals surface area contributed by atoms with Crippen molar-refractivity contribution in [2.45, 2.75) is 39.0 Å². The van der Waals surface area contributed by atoms with Crippen LogP contribution in [0.1, 0.15) is 48.0 Å². The molecule has 1 heterocycles. The second kappa shape index (κ2) is 8.12. The summed E-state index contributed by atoms with van der Waals surface area (Å²) in [6.07, 6.45) is 1.00. The Morgan fingerprint density at radius 3 is 2.57 bits per heavy atom. The predicted octanol–water partition coefficient (Wildman–Crippen LogP) is 4.37. The molecule has 0 spiro atoms. The van der Waals surface area contributed by atoms with Crippen LogP contribution in [-0.2, 0) is 16.6 Å². The maximum absolute atomic E-state index is 12.7. The fourth-order valence-corrected chi connectivity index (χ4v) is 3.98. The van der Waals surface area contributed by atoms with Crippen molar-refractivity contribution in [1.82, 2.24) is 5.43 Å². The van der Waals surface area contributed by atoms with E-state index in [0.717, 1.165) is 26.2 Å². The number of hydrogen-bond donors (Lipinski definition) is 3. The Morgan fingerprint density at radius 1 is 1.07 bits per heavy atom. The van der Waals surface area contributed by atoms with Gasteiger partial charge in [-0.15, -0.1) is 11.3 Å². The Morgan fingerprint density at radius 2 is 1.86 bits per heavy atom. The van der Waals surface area contributed by atoms with E-state index < -0.39 is 0 Å². The largest absolute Gasteiger partial charge is 0.322 e. The second-order valence-electron chi connectivity index (χ2n) is 7.82. The fraction of sp³-hybridized carbons (Fsp3) is 0.273. The third-order valence-electron chi connectivity index (χ3n) is 4.58. The van der Waals surface area contributed by atoms with Crippen LogP contribution in [0.15, 0.2) is 48.5 Å². The molecule has 0 aliphatic rings. The molecule has 0 fully saturated rings. The molecule has 0 saturated heterocycles. The Balaban J connectivity index is 1.75. The molecule has 0 bridgehead atoms. The normalized spacial score (nSPS) is 11.4. The van der Waals surface area contributed by atoms with E-state index in [1.54, 1.807) is 11.3 Å². The Hall–Kier alpha value is -2.70. The highest BCUT2D eigenvalue weighted by Gasteiger charge is 2.16. The van der Waals surface area contributed by atoms with Gasteiger partial charge in [0.1, 0.15) is 0 Å². The highest BCUT2D eigenvalue weighted by Crippen LogP contribution is 2.29. The first-order valence-corrected chi connectivity index (χ1v) is 10.0. The van der Waals surface area contributed by atoms with Crippen molar-refractivity contribution in [1.29, 1.82) is 0 Å². The van der Waals surface area contributed by atoms with Crippen LogP contribution in [0.4, 0.5) is 5.69 Å². The quantitative estimate of drug-likeness (QED) is 0.341. The summed E-state index contributed by atoms with van der Waals surface area (Å²) in [5.74, 6) is 4.82. The molecule has 3 rings (SSSR count). The summed E-state index contributed by atoms with van der Waals surface area (Å²) in [5, 5.41) is 4.03. The number of nitrogens with two attached hydrogens (primary N) is 1. The van der Waals surface area contributed by atoms with Gasteiger partial charge in [-0.25, -0.2) is 5.84 Å². The third-order valence-corrected chi connectivity index (χ3v) is 5.75. The lowest BCUT2D eigenvalue weighted by atomic mass is 9.86. The smallest absolute Gasteiger partial charge is 0.255 e. The monoisotopic (exact) mass is 395 g/mol. The first-order valence-electron chi connectivity index (χ1n) is 9.20. The lowest BCUT2D eigenvalue weighted by Crippen LogP contribution is -2.29. The molecule has 4 N–H and O–H groups in total. The number of nitrogens with one attached hydrogen (secondary N) is 2. The number of fused-ring (bicyclic) bond motifs is 1. The first-order chi connectivity index (χ1) is 13.3. The van der Waals surface area contributed by atoms with Crippen LogP contribution in [0.5, 0.6) is 0 Å². The maximum atomic E-state index is 12.7. The summed E-state index contributed by atoms with van der Waals surface area (Å²) in [7, 11) is 0. The van der Waals surface area contributed by atoms with Crippen molar-refractivity contribution in [2.75, 3.05) is 5.32 Å². The minimum absolute atomic E-state index is 0.0108. The van der Waals surface area contributed by atoms with E-state index >= 15 is 0 Å². The first kappa shape index (κ1) is 20.0. The van der Waals surface area contributed by atoms with Crippen LogP contribution in [-0.4, -0.2) is 11.8 Å². The summed E-state index contributed by atoms with van der Waals surface area (Å²) in [4.78, 5) is 25.1. The van der Waals surface area contributed by atoms with Crippen molar-refractivity contribution < 1.29 is 9.59 Å². The second-order valence-corrected chi connectivity index (χ2v) is 8.99. The van der Waals surface area contributed by atoms with Crippen LogP contribution in [0.25, 0.3) is 10.1 Å². The van der Waals surface area contributed by atoms with Gasteiger partial charge in [0.05, 0.1) is 0 Å². The molecule has 0 aliphatic heterocycles. The Labute approximate surface area is 168 Å². The highest BCUT2D eigenvalue weighted by atomic mass is 32.1. The number of hydrazine groups is 1. The van der Waals surface area contributed by atoms with Crippen molar-refractivity contribution >= 4 is 38.9 Å². The highest BCUT2D eigenvalue weighted by molar-refractivity contribution is 7.19. The van der Waals surface area contributed by atoms with E-state index in [-0.39, 0.29) is 17.2 Å². The lowest BCUT2D eigenvalue weighted by Gasteiger charge is -2.19. The maximum Gasteiger partial charge on any atom is 0.255 e. The molecular formula is C22H25N3O2S. The zero-order valence-electron chi connectivity index (χ0n) is 16.3. The van der Waals surface area contributed by atoms with E-state index in [0.29, 0.717) is 18.4 Å². The molecule has 5 nitrogen and oxygen atoms in total. The summed E-state index contributed by atoms with van der Waals surface area (Å²) in [6.45, 7) is 6.38. The molecule has 6 heteroatoms. The number of carbonyl (C=O) groups is 2. The number of anilines is 1. The number of benzene rings is 2. The van der Waals surface area contributed by atoms with Crippen LogP contribution in [0.2, 0.25) is 0 Å². The average Bonchev–Trinajstić information content (AvgIpc) is 3.07. The van der Waals surface area contributed by atoms with Gasteiger partial charge in [0.2, 0.25) is 5.91 Å². The molecule has 1 aromatic heterocycles. The summed E-state index contributed by atoms with van der Waals surface area (Å²) in [5.41, 5.74) is 4.66. The molecule has 0 unspecified atom stereocenters. The SMILES string of the molecule is CC(C)(C)c1cccc(C(=O)Nc2ccc3sc(CCC(=O)NN)cc3c2)c1. The van der Waals surface area contributed by atoms with Gasteiger partial charge in [0.15, 0.2) is 0 Å². The summed E-state index contributed by atoms with van der Waals surface area (Å²) < 4.78 is 1.12. The molecule has 146 valence electrons. The van der Waals surface area contributed by atoms with Gasteiger partial charge in [-0.2, -0.15) is 0 Å². The van der Waals surface area contributed by atoms with Gasteiger partial charge in [-0.3, -0.25) is 15.0 Å². The Bertz CT molecular complexity index is 1020. The van der Waals surface area contributed by atoms with Crippen LogP contribution in [0, 0.1) is 0 Å². The van der Waals surface area contributed by atoms with Gasteiger partial charge < -0.3 is 5.32 Å². The van der Waals surface area contributed by atoms with E-state index in [1.165, 1.54) is 0 Å². The molecular weight excluding hydrogens is 370 g/mol. The summed E-state index contributed by atoms with van der Waals surface area (Å²) in [6, 6.07) is 15.6. The minimum atomic E-state index is -0.178. The average molecular weight is 396 g/mol. The number of aryl methyl sites for hydroxylation is 1. The number of carbonyl (C=O) groups excluding carboxylic acids is 2. The zero-order chi connectivity index (χ0) is 20.3. The molecule has 2 amide bonds. The predicted molar refractivity (Wildman–Crippen MR) is 116 cm³/mol. The Kier molecular flexibility index (Phi) is 5.82. The van der Waals surface area contributed by atoms with E-state index in [9.17, 15) is 9.59 Å². The van der Waals surface area contributed by atoms with Crippen LogP contribution < -0.4 is 16.6 Å². The molecule has 0 atom stereocenters. The minimum Gasteiger partial charge on any atom is -0.322 e. The summed E-state index contributed by atoms with van der Waals surface area (Å²) >= 11 is 1.64. The van der Waals surface area contributed by atoms with Gasteiger partial charge in [0.25, 0.3) is 5.91 Å². The molecule has 28 heavy (non-hydrogen) atoms. The van der Waals surface area contributed by atoms with Gasteiger partial charge in [0, 0.05) is 27.2 Å². The topological polar surface area (TPSA) is 84.2 Å². The fourth-order valence-electron chi connectivity index (χ4n) is 2.94. The molecule has 0 aliphatic carbocycles. The third kappa shape index (κ3) is 4.77. The van der Waals surface area contributed by atoms with Gasteiger partial charge in [-0.05, 0) is 59.2 Å². The lowest BCUT2D eigenvalue weighted by molar-refractivity contribution is -0.121. The van der Waals surface area contributed by atoms with Crippen molar-refractivity contribution in [3.63, 3.8) is 0 Å². The number of hydrogen-bond acceptors (Lipinski definition) is 4. The van der Waals surface area contributed by atoms with Crippen molar-refractivity contribution in [2.24, 2.45) is 5.84 Å². The zero-order valence-corrected chi connectivity index (χ0v) is 17.2. The number of thiophene rings is 1. The van der Waals surface area contributed by atoms with E-state index in [4.69, 9.17) is 5.84 Å². The van der Waals surface area contributed by atoms with Gasteiger partial charge in [-0.1, -0.05) is 32.9 Å². The van der Waals surface area contributed by atoms with E-state index in [2.05, 4.69) is 37.6 Å².